The van der Waals surface area contributed by atoms with Gasteiger partial charge >= 0.3 is 0 Å². The molecule has 0 saturated heterocycles. The summed E-state index contributed by atoms with van der Waals surface area (Å²) in [6, 6.07) is 21.7. The Morgan fingerprint density at radius 3 is 2.50 bits per heavy atom. The average Bonchev–Trinajstić information content (AvgIpc) is 2.61. The fourth-order valence-corrected chi connectivity index (χ4v) is 2.70. The van der Waals surface area contributed by atoms with Gasteiger partial charge in [-0.25, -0.2) is 0 Å². The van der Waals surface area contributed by atoms with Crippen molar-refractivity contribution < 1.29 is 9.53 Å². The zero-order chi connectivity index (χ0) is 16.9. The molecule has 0 fully saturated rings. The highest BCUT2D eigenvalue weighted by atomic mass is 16.5. The number of carbonyl (C=O) groups is 1. The van der Waals surface area contributed by atoms with Gasteiger partial charge in [0.1, 0.15) is 5.75 Å². The van der Waals surface area contributed by atoms with Crippen molar-refractivity contribution in [2.45, 2.75) is 26.4 Å². The van der Waals surface area contributed by atoms with Crippen LogP contribution in [-0.4, -0.2) is 12.0 Å². The molecule has 3 heteroatoms. The van der Waals surface area contributed by atoms with Gasteiger partial charge in [-0.2, -0.15) is 0 Å². The van der Waals surface area contributed by atoms with Crippen molar-refractivity contribution in [2.24, 2.45) is 0 Å². The van der Waals surface area contributed by atoms with E-state index in [0.717, 1.165) is 27.8 Å². The molecule has 1 atom stereocenters. The number of carbonyl (C=O) groups excluding carboxylic acids is 1. The molecule has 1 amide bonds. The number of para-hydroxylation sites is 1. The number of nitrogens with one attached hydrogen (secondary N) is 1. The lowest BCUT2D eigenvalue weighted by molar-refractivity contribution is -0.122. The first-order valence-electron chi connectivity index (χ1n) is 8.20. The lowest BCUT2D eigenvalue weighted by atomic mass is 10.1. The molecule has 0 spiro atoms. The molecule has 3 rings (SSSR count). The van der Waals surface area contributed by atoms with Gasteiger partial charge in [0, 0.05) is 11.1 Å². The molecule has 24 heavy (non-hydrogen) atoms. The highest BCUT2D eigenvalue weighted by Crippen LogP contribution is 2.27. The second-order valence-electron chi connectivity index (χ2n) is 5.80. The van der Waals surface area contributed by atoms with Gasteiger partial charge in [-0.05, 0) is 36.4 Å². The normalized spacial score (nSPS) is 11.9. The average molecular weight is 319 g/mol. The summed E-state index contributed by atoms with van der Waals surface area (Å²) in [5.41, 5.74) is 1.85. The van der Waals surface area contributed by atoms with Crippen LogP contribution in [0.5, 0.6) is 5.75 Å². The van der Waals surface area contributed by atoms with Crippen LogP contribution in [0.15, 0.2) is 66.7 Å². The van der Waals surface area contributed by atoms with Crippen LogP contribution >= 0.6 is 0 Å². The fraction of sp³-hybridized carbons (Fsp3) is 0.190. The first-order valence-corrected chi connectivity index (χ1v) is 8.20. The molecule has 0 radical (unpaired) electrons. The van der Waals surface area contributed by atoms with E-state index >= 15 is 0 Å². The Labute approximate surface area is 142 Å². The molecule has 0 heterocycles. The van der Waals surface area contributed by atoms with Gasteiger partial charge in [0.2, 0.25) is 0 Å². The maximum atomic E-state index is 12.6. The van der Waals surface area contributed by atoms with Crippen molar-refractivity contribution in [3.05, 3.63) is 72.3 Å². The number of rotatable bonds is 5. The number of ether oxygens (including phenoxy) is 1. The molecule has 3 nitrogen and oxygen atoms in total. The van der Waals surface area contributed by atoms with Gasteiger partial charge in [-0.3, -0.25) is 4.79 Å². The van der Waals surface area contributed by atoms with E-state index < -0.39 is 6.10 Å². The zero-order valence-corrected chi connectivity index (χ0v) is 14.0. The van der Waals surface area contributed by atoms with Crippen LogP contribution < -0.4 is 10.1 Å². The number of fused-ring (bicyclic) bond motifs is 1. The first kappa shape index (κ1) is 16.1. The maximum absolute atomic E-state index is 12.6. The quantitative estimate of drug-likeness (QED) is 0.723. The van der Waals surface area contributed by atoms with Gasteiger partial charge in [-0.1, -0.05) is 61.5 Å². The van der Waals surface area contributed by atoms with Crippen LogP contribution in [0.3, 0.4) is 0 Å². The topological polar surface area (TPSA) is 38.3 Å². The van der Waals surface area contributed by atoms with E-state index in [2.05, 4.69) is 5.32 Å². The fourth-order valence-electron chi connectivity index (χ4n) is 2.70. The molecule has 0 aliphatic carbocycles. The molecule has 0 unspecified atom stereocenters. The number of hydrogen-bond donors (Lipinski definition) is 1. The Bertz CT molecular complexity index is 852. The van der Waals surface area contributed by atoms with Crippen molar-refractivity contribution in [3.8, 4) is 5.75 Å². The molecule has 0 aliphatic rings. The molecule has 1 N–H and O–H groups in total. The van der Waals surface area contributed by atoms with E-state index in [0.29, 0.717) is 6.42 Å². The van der Waals surface area contributed by atoms with Gasteiger partial charge < -0.3 is 10.1 Å². The van der Waals surface area contributed by atoms with E-state index in [1.165, 1.54) is 0 Å². The van der Waals surface area contributed by atoms with E-state index in [9.17, 15) is 4.79 Å². The SMILES string of the molecule is CC[C@@H](Oc1cccc2ccccc12)C(=O)Nc1ccccc1C. The predicted octanol–water partition coefficient (Wildman–Crippen LogP) is 4.94. The standard InChI is InChI=1S/C21H21NO2/c1-3-19(21(23)22-18-13-7-4-9-15(18)2)24-20-14-8-11-16-10-5-6-12-17(16)20/h4-14,19H,3H2,1-2H3,(H,22,23)/t19-/m1/s1. The van der Waals surface area contributed by atoms with Gasteiger partial charge in [0.15, 0.2) is 6.10 Å². The van der Waals surface area contributed by atoms with E-state index in [4.69, 9.17) is 4.74 Å². The van der Waals surface area contributed by atoms with E-state index in [-0.39, 0.29) is 5.91 Å². The monoisotopic (exact) mass is 319 g/mol. The Hall–Kier alpha value is -2.81. The third kappa shape index (κ3) is 3.40. The van der Waals surface area contributed by atoms with Crippen LogP contribution in [0.25, 0.3) is 10.8 Å². The molecule has 0 aromatic heterocycles. The number of aryl methyl sites for hydroxylation is 1. The predicted molar refractivity (Wildman–Crippen MR) is 98.5 cm³/mol. The van der Waals surface area contributed by atoms with Crippen molar-refractivity contribution >= 4 is 22.4 Å². The molecule has 0 bridgehead atoms. The molecule has 3 aromatic rings. The number of anilines is 1. The largest absolute Gasteiger partial charge is 0.480 e. The molecule has 0 aliphatic heterocycles. The minimum absolute atomic E-state index is 0.125. The molecule has 3 aromatic carbocycles. The third-order valence-electron chi connectivity index (χ3n) is 4.09. The van der Waals surface area contributed by atoms with Crippen LogP contribution in [0, 0.1) is 6.92 Å². The summed E-state index contributed by atoms with van der Waals surface area (Å²) in [4.78, 5) is 12.6. The zero-order valence-electron chi connectivity index (χ0n) is 14.0. The third-order valence-corrected chi connectivity index (χ3v) is 4.09. The summed E-state index contributed by atoms with van der Waals surface area (Å²) in [6.07, 6.45) is 0.0661. The van der Waals surface area contributed by atoms with Crippen LogP contribution in [0.2, 0.25) is 0 Å². The molecule has 122 valence electrons. The van der Waals surface area contributed by atoms with Crippen molar-refractivity contribution in [2.75, 3.05) is 5.32 Å². The minimum atomic E-state index is -0.532. The highest BCUT2D eigenvalue weighted by Gasteiger charge is 2.19. The van der Waals surface area contributed by atoms with Crippen LogP contribution in [0.1, 0.15) is 18.9 Å². The maximum Gasteiger partial charge on any atom is 0.265 e. The summed E-state index contributed by atoms with van der Waals surface area (Å²) in [5, 5.41) is 5.08. The second-order valence-corrected chi connectivity index (χ2v) is 5.80. The summed E-state index contributed by atoms with van der Waals surface area (Å²) >= 11 is 0. The summed E-state index contributed by atoms with van der Waals surface area (Å²) in [5.74, 6) is 0.611. The summed E-state index contributed by atoms with van der Waals surface area (Å²) in [6.45, 7) is 3.93. The molecular weight excluding hydrogens is 298 g/mol. The smallest absolute Gasteiger partial charge is 0.265 e. The van der Waals surface area contributed by atoms with Crippen molar-refractivity contribution in [1.29, 1.82) is 0 Å². The number of benzene rings is 3. The number of amides is 1. The first-order chi connectivity index (χ1) is 11.7. The Morgan fingerprint density at radius 1 is 1.00 bits per heavy atom. The van der Waals surface area contributed by atoms with Crippen LogP contribution in [-0.2, 0) is 4.79 Å². The number of hydrogen-bond acceptors (Lipinski definition) is 2. The summed E-state index contributed by atoms with van der Waals surface area (Å²) < 4.78 is 6.04. The Morgan fingerprint density at radius 2 is 1.71 bits per heavy atom. The lowest BCUT2D eigenvalue weighted by Crippen LogP contribution is -2.32. The summed E-state index contributed by atoms with van der Waals surface area (Å²) in [7, 11) is 0. The van der Waals surface area contributed by atoms with Crippen LogP contribution in [0.4, 0.5) is 5.69 Å². The lowest BCUT2D eigenvalue weighted by Gasteiger charge is -2.19. The minimum Gasteiger partial charge on any atom is -0.480 e. The van der Waals surface area contributed by atoms with E-state index in [1.54, 1.807) is 0 Å². The van der Waals surface area contributed by atoms with Gasteiger partial charge in [0.05, 0.1) is 0 Å². The Balaban J connectivity index is 1.81. The molecular formula is C21H21NO2. The van der Waals surface area contributed by atoms with Gasteiger partial charge in [0.25, 0.3) is 5.91 Å². The van der Waals surface area contributed by atoms with Gasteiger partial charge in [-0.15, -0.1) is 0 Å². The van der Waals surface area contributed by atoms with E-state index in [1.807, 2.05) is 80.6 Å². The van der Waals surface area contributed by atoms with Crippen molar-refractivity contribution in [3.63, 3.8) is 0 Å². The Kier molecular flexibility index (Phi) is 4.80. The van der Waals surface area contributed by atoms with Crippen molar-refractivity contribution in [1.82, 2.24) is 0 Å². The second kappa shape index (κ2) is 7.18. The highest BCUT2D eigenvalue weighted by molar-refractivity contribution is 5.95. The molecule has 0 saturated carbocycles.